The molecular weight excluding hydrogens is 455 g/mol. The van der Waals surface area contributed by atoms with E-state index in [1.54, 1.807) is 12.1 Å². The van der Waals surface area contributed by atoms with E-state index in [0.29, 0.717) is 5.56 Å². The van der Waals surface area contributed by atoms with Crippen LogP contribution in [0.15, 0.2) is 65.2 Å². The number of benzene rings is 2. The number of aliphatic hydroxyl groups excluding tert-OH is 1. The molecule has 1 amide bonds. The molecule has 0 aliphatic heterocycles. The van der Waals surface area contributed by atoms with Gasteiger partial charge in [0.25, 0.3) is 0 Å². The topological polar surface area (TPSA) is 174 Å². The van der Waals surface area contributed by atoms with Crippen molar-refractivity contribution in [3.8, 4) is 11.1 Å². The highest BCUT2D eigenvalue weighted by molar-refractivity contribution is 7.46. The zero-order valence-electron chi connectivity index (χ0n) is 17.5. The van der Waals surface area contributed by atoms with Crippen LogP contribution in [0.5, 0.6) is 0 Å². The molecule has 4 N–H and O–H groups in total. The number of aromatic nitrogens is 1. The Hall–Kier alpha value is -2.89. The number of phosphoric ester groups is 1. The fourth-order valence-corrected chi connectivity index (χ4v) is 3.28. The van der Waals surface area contributed by atoms with Gasteiger partial charge in [0.1, 0.15) is 18.4 Å². The zero-order valence-corrected chi connectivity index (χ0v) is 18.3. The van der Waals surface area contributed by atoms with Crippen LogP contribution in [0.1, 0.15) is 30.0 Å². The van der Waals surface area contributed by atoms with Gasteiger partial charge in [0.05, 0.1) is 6.61 Å². The van der Waals surface area contributed by atoms with Crippen molar-refractivity contribution in [2.45, 2.75) is 31.8 Å². The monoisotopic (exact) mass is 477 g/mol. The quantitative estimate of drug-likeness (QED) is 0.251. The number of carbonyl (C=O) groups excluding carboxylic acids is 1. The number of nitrogens with one attached hydrogen (secondary N) is 1. The Morgan fingerprint density at radius 2 is 1.79 bits per heavy atom. The minimum Gasteiger partial charge on any atom is -0.759 e. The van der Waals surface area contributed by atoms with Crippen molar-refractivity contribution >= 4 is 13.7 Å². The molecule has 1 heterocycles. The molecule has 0 spiro atoms. The van der Waals surface area contributed by atoms with Crippen molar-refractivity contribution in [2.24, 2.45) is 0 Å². The summed E-state index contributed by atoms with van der Waals surface area (Å²) in [6.45, 7) is 0.481. The van der Waals surface area contributed by atoms with Gasteiger partial charge in [-0.25, -0.2) is 4.57 Å². The summed E-state index contributed by atoms with van der Waals surface area (Å²) < 4.78 is 25.6. The van der Waals surface area contributed by atoms with Gasteiger partial charge in [0.15, 0.2) is 11.4 Å². The Morgan fingerprint density at radius 3 is 2.39 bits per heavy atom. The van der Waals surface area contributed by atoms with Crippen molar-refractivity contribution in [1.29, 1.82) is 0 Å². The van der Waals surface area contributed by atoms with Gasteiger partial charge in [0, 0.05) is 6.07 Å². The van der Waals surface area contributed by atoms with Crippen LogP contribution in [-0.4, -0.2) is 31.6 Å². The first-order valence-electron chi connectivity index (χ1n) is 9.67. The third-order valence-electron chi connectivity index (χ3n) is 4.90. The van der Waals surface area contributed by atoms with Gasteiger partial charge in [-0.3, -0.25) is 9.32 Å². The van der Waals surface area contributed by atoms with Crippen LogP contribution in [-0.2, 0) is 31.8 Å². The molecule has 33 heavy (non-hydrogen) atoms. The maximum absolute atomic E-state index is 12.3. The lowest BCUT2D eigenvalue weighted by Crippen LogP contribution is -2.49. The maximum atomic E-state index is 12.3. The summed E-state index contributed by atoms with van der Waals surface area (Å²) in [7, 11) is -4.75. The number of carbonyl (C=O) groups is 1. The first-order chi connectivity index (χ1) is 15.6. The number of phosphoric acid groups is 1. The molecule has 0 saturated heterocycles. The average Bonchev–Trinajstić information content (AvgIpc) is 3.30. The molecule has 0 radical (unpaired) electrons. The van der Waals surface area contributed by atoms with Crippen molar-refractivity contribution in [3.05, 3.63) is 82.9 Å². The third kappa shape index (κ3) is 6.34. The van der Waals surface area contributed by atoms with Crippen LogP contribution in [0.3, 0.4) is 0 Å². The van der Waals surface area contributed by atoms with Gasteiger partial charge >= 0.3 is 7.82 Å². The lowest BCUT2D eigenvalue weighted by atomic mass is 9.95. The molecule has 0 unspecified atom stereocenters. The minimum atomic E-state index is -4.75. The summed E-state index contributed by atoms with van der Waals surface area (Å²) in [5, 5.41) is 25.4. The SMILES string of the molecule is C[C@@](OCc1ccc(-c2ccccc2)cc1)(C(=O)N[O-])[C@@H](O)c1cc(COP(=O)(O)O)on1. The highest BCUT2D eigenvalue weighted by Crippen LogP contribution is 2.37. The first kappa shape index (κ1) is 24.7. The molecule has 0 aliphatic carbocycles. The summed E-state index contributed by atoms with van der Waals surface area (Å²) in [5.41, 5.74) is 1.67. The molecule has 3 rings (SSSR count). The van der Waals surface area contributed by atoms with E-state index in [-0.39, 0.29) is 18.1 Å². The number of rotatable bonds is 10. The number of hydroxylamine groups is 1. The van der Waals surface area contributed by atoms with E-state index in [2.05, 4.69) is 9.68 Å². The average molecular weight is 477 g/mol. The van der Waals surface area contributed by atoms with E-state index in [9.17, 15) is 19.7 Å². The molecule has 2 atom stereocenters. The summed E-state index contributed by atoms with van der Waals surface area (Å²) in [6.07, 6.45) is -1.73. The summed E-state index contributed by atoms with van der Waals surface area (Å²) in [5.74, 6) is -1.26. The normalized spacial score (nSPS) is 14.5. The first-order valence-corrected chi connectivity index (χ1v) is 11.2. The third-order valence-corrected chi connectivity index (χ3v) is 5.36. The van der Waals surface area contributed by atoms with Crippen LogP contribution < -0.4 is 5.48 Å². The Bertz CT molecular complexity index is 1110. The highest BCUT2D eigenvalue weighted by Gasteiger charge is 2.43. The number of hydrogen-bond acceptors (Lipinski definition) is 8. The fourth-order valence-electron chi connectivity index (χ4n) is 2.98. The molecule has 0 bridgehead atoms. The van der Waals surface area contributed by atoms with Crippen molar-refractivity contribution in [2.75, 3.05) is 0 Å². The second-order valence-electron chi connectivity index (χ2n) is 7.27. The zero-order chi connectivity index (χ0) is 24.1. The summed E-state index contributed by atoms with van der Waals surface area (Å²) in [4.78, 5) is 29.8. The van der Waals surface area contributed by atoms with Crippen LogP contribution in [0.4, 0.5) is 0 Å². The summed E-state index contributed by atoms with van der Waals surface area (Å²) in [6, 6.07) is 18.2. The molecule has 11 nitrogen and oxygen atoms in total. The predicted molar refractivity (Wildman–Crippen MR) is 115 cm³/mol. The van der Waals surface area contributed by atoms with E-state index >= 15 is 0 Å². The number of amides is 1. The minimum absolute atomic E-state index is 0.109. The van der Waals surface area contributed by atoms with Crippen LogP contribution in [0.2, 0.25) is 0 Å². The molecule has 12 heteroatoms. The molecule has 0 saturated carbocycles. The van der Waals surface area contributed by atoms with Gasteiger partial charge in [-0.2, -0.15) is 0 Å². The van der Waals surface area contributed by atoms with Gasteiger partial charge in [-0.1, -0.05) is 59.8 Å². The second-order valence-corrected chi connectivity index (χ2v) is 8.51. The smallest absolute Gasteiger partial charge is 0.470 e. The maximum Gasteiger partial charge on any atom is 0.470 e. The van der Waals surface area contributed by atoms with E-state index in [1.165, 1.54) is 12.4 Å². The van der Waals surface area contributed by atoms with Crippen molar-refractivity contribution in [3.63, 3.8) is 0 Å². The van der Waals surface area contributed by atoms with Gasteiger partial charge in [-0.15, -0.1) is 0 Å². The molecule has 176 valence electrons. The van der Waals surface area contributed by atoms with Crippen LogP contribution in [0.25, 0.3) is 11.1 Å². The Balaban J connectivity index is 1.72. The van der Waals surface area contributed by atoms with Crippen molar-refractivity contribution in [1.82, 2.24) is 10.6 Å². The number of hydrogen-bond donors (Lipinski definition) is 4. The number of ether oxygens (including phenoxy) is 1. The lowest BCUT2D eigenvalue weighted by molar-refractivity contribution is -0.165. The fraction of sp³-hybridized carbons (Fsp3) is 0.238. The largest absolute Gasteiger partial charge is 0.759 e. The molecular formula is C21H22N2O9P-. The van der Waals surface area contributed by atoms with E-state index in [1.807, 2.05) is 42.5 Å². The highest BCUT2D eigenvalue weighted by atomic mass is 31.2. The van der Waals surface area contributed by atoms with Gasteiger partial charge in [-0.05, 0) is 23.6 Å². The molecule has 2 aromatic carbocycles. The Labute approximate surface area is 188 Å². The Kier molecular flexibility index (Phi) is 7.77. The number of nitrogens with zero attached hydrogens (tertiary/aromatic N) is 1. The number of aliphatic hydroxyl groups is 1. The molecule has 0 aliphatic rings. The van der Waals surface area contributed by atoms with Gasteiger partial charge < -0.3 is 34.8 Å². The lowest BCUT2D eigenvalue weighted by Gasteiger charge is -2.33. The summed E-state index contributed by atoms with van der Waals surface area (Å²) >= 11 is 0. The Morgan fingerprint density at radius 1 is 1.15 bits per heavy atom. The molecule has 0 fully saturated rings. The van der Waals surface area contributed by atoms with E-state index < -0.39 is 32.0 Å². The van der Waals surface area contributed by atoms with E-state index in [4.69, 9.17) is 19.0 Å². The molecule has 3 aromatic rings. The second kappa shape index (κ2) is 10.4. The van der Waals surface area contributed by atoms with Crippen LogP contribution >= 0.6 is 7.82 Å². The van der Waals surface area contributed by atoms with E-state index in [0.717, 1.165) is 17.2 Å². The van der Waals surface area contributed by atoms with Crippen LogP contribution in [0, 0.1) is 5.21 Å². The van der Waals surface area contributed by atoms with Crippen molar-refractivity contribution < 1.29 is 38.0 Å². The van der Waals surface area contributed by atoms with Gasteiger partial charge in [0.2, 0.25) is 5.91 Å². The standard InChI is InChI=1S/C21H22N2O9P/c1-21(20(25)22-26,19(24)18-11-17(32-23-18)13-31-33(27,28)29)30-12-14-7-9-16(10-8-14)15-5-3-2-4-6-15/h2-11,19,24H,12-13H2,1H3,(H3-,22,25,26,27,28,29)/q-1/t19-,21-/m0/s1. The predicted octanol–water partition coefficient (Wildman–Crippen LogP) is 2.57. The molecule has 1 aromatic heterocycles.